The fourth-order valence-corrected chi connectivity index (χ4v) is 3.31. The molecule has 0 aliphatic heterocycles. The number of nitriles is 1. The van der Waals surface area contributed by atoms with Crippen LogP contribution in [0.1, 0.15) is 17.5 Å². The van der Waals surface area contributed by atoms with Crippen LogP contribution in [-0.2, 0) is 0 Å². The molecule has 2 aromatic carbocycles. The van der Waals surface area contributed by atoms with Crippen LogP contribution >= 0.6 is 11.3 Å². The van der Waals surface area contributed by atoms with Gasteiger partial charge in [-0.15, -0.1) is 11.3 Å². The van der Waals surface area contributed by atoms with E-state index in [0.29, 0.717) is 22.9 Å². The minimum atomic E-state index is 0.0714. The zero-order valence-corrected chi connectivity index (χ0v) is 15.8. The predicted molar refractivity (Wildman–Crippen MR) is 107 cm³/mol. The van der Waals surface area contributed by atoms with Gasteiger partial charge < -0.3 is 14.6 Å². The first-order valence-corrected chi connectivity index (χ1v) is 9.20. The van der Waals surface area contributed by atoms with Crippen molar-refractivity contribution >= 4 is 23.0 Å². The quantitative estimate of drug-likeness (QED) is 0.612. The summed E-state index contributed by atoms with van der Waals surface area (Å²) >= 11 is 1.40. The summed E-state index contributed by atoms with van der Waals surface area (Å²) in [6.07, 6.45) is 1.73. The van der Waals surface area contributed by atoms with Gasteiger partial charge in [0.15, 0.2) is 11.5 Å². The fourth-order valence-electron chi connectivity index (χ4n) is 2.51. The van der Waals surface area contributed by atoms with Gasteiger partial charge in [0, 0.05) is 10.9 Å². The number of methoxy groups -OCH3 is 1. The number of allylic oxidation sites excluding steroid dienone is 1. The molecule has 0 saturated heterocycles. The van der Waals surface area contributed by atoms with E-state index in [1.54, 1.807) is 31.4 Å². The van der Waals surface area contributed by atoms with Gasteiger partial charge in [-0.05, 0) is 42.8 Å². The predicted octanol–water partition coefficient (Wildman–Crippen LogP) is 4.99. The second-order valence-electron chi connectivity index (χ2n) is 5.60. The molecule has 1 aromatic heterocycles. The van der Waals surface area contributed by atoms with Crippen LogP contribution in [0.4, 0.5) is 0 Å². The van der Waals surface area contributed by atoms with E-state index in [-0.39, 0.29) is 5.75 Å². The maximum absolute atomic E-state index is 9.82. The molecule has 5 nitrogen and oxygen atoms in total. The van der Waals surface area contributed by atoms with Crippen LogP contribution in [-0.4, -0.2) is 23.8 Å². The minimum Gasteiger partial charge on any atom is -0.504 e. The van der Waals surface area contributed by atoms with Gasteiger partial charge in [0.05, 0.1) is 25.0 Å². The third-order valence-electron chi connectivity index (χ3n) is 3.82. The van der Waals surface area contributed by atoms with Crippen molar-refractivity contribution in [3.05, 3.63) is 58.4 Å². The van der Waals surface area contributed by atoms with Crippen molar-refractivity contribution < 1.29 is 14.6 Å². The number of aromatic hydroxyl groups is 1. The number of nitrogens with zero attached hydrogens (tertiary/aromatic N) is 2. The summed E-state index contributed by atoms with van der Waals surface area (Å²) in [7, 11) is 1.62. The van der Waals surface area contributed by atoms with Gasteiger partial charge in [0.1, 0.15) is 16.8 Å². The van der Waals surface area contributed by atoms with Crippen molar-refractivity contribution in [3.8, 4) is 34.6 Å². The third-order valence-corrected chi connectivity index (χ3v) is 4.69. The second kappa shape index (κ2) is 8.39. The van der Waals surface area contributed by atoms with Crippen LogP contribution in [0.15, 0.2) is 47.8 Å². The monoisotopic (exact) mass is 378 g/mol. The number of rotatable bonds is 6. The van der Waals surface area contributed by atoms with Crippen LogP contribution in [0.5, 0.6) is 17.2 Å². The molecule has 1 heterocycles. The summed E-state index contributed by atoms with van der Waals surface area (Å²) in [5, 5.41) is 21.9. The molecule has 3 aromatic rings. The van der Waals surface area contributed by atoms with Gasteiger partial charge in [0.25, 0.3) is 0 Å². The molecule has 0 fully saturated rings. The van der Waals surface area contributed by atoms with Gasteiger partial charge in [-0.1, -0.05) is 18.2 Å². The largest absolute Gasteiger partial charge is 0.504 e. The SMILES string of the molecule is CCOc1cc(/C=C(\C#N)c2nc(-c3cccc(OC)c3)cs2)ccc1O. The maximum Gasteiger partial charge on any atom is 0.161 e. The molecule has 6 heteroatoms. The van der Waals surface area contributed by atoms with Gasteiger partial charge >= 0.3 is 0 Å². The molecule has 0 bridgehead atoms. The molecule has 0 radical (unpaired) electrons. The standard InChI is InChI=1S/C21H18N2O3S/c1-3-26-20-10-14(7-8-19(20)24)9-16(12-22)21-23-18(13-27-21)15-5-4-6-17(11-15)25-2/h4-11,13,24H,3H2,1-2H3/b16-9+. The molecule has 0 aliphatic carbocycles. The minimum absolute atomic E-state index is 0.0714. The van der Waals surface area contributed by atoms with Crippen LogP contribution in [0.3, 0.4) is 0 Å². The Kier molecular flexibility index (Phi) is 5.74. The van der Waals surface area contributed by atoms with E-state index in [2.05, 4.69) is 11.1 Å². The first-order chi connectivity index (χ1) is 13.1. The van der Waals surface area contributed by atoms with Crippen molar-refractivity contribution in [2.75, 3.05) is 13.7 Å². The van der Waals surface area contributed by atoms with E-state index in [0.717, 1.165) is 22.6 Å². The normalized spacial score (nSPS) is 11.1. The average Bonchev–Trinajstić information content (AvgIpc) is 3.19. The van der Waals surface area contributed by atoms with E-state index in [1.807, 2.05) is 36.6 Å². The highest BCUT2D eigenvalue weighted by atomic mass is 32.1. The molecule has 0 amide bonds. The number of aromatic nitrogens is 1. The lowest BCUT2D eigenvalue weighted by molar-refractivity contribution is 0.318. The smallest absolute Gasteiger partial charge is 0.161 e. The molecule has 0 saturated carbocycles. The summed E-state index contributed by atoms with van der Waals surface area (Å²) in [4.78, 5) is 4.59. The Morgan fingerprint density at radius 3 is 2.89 bits per heavy atom. The van der Waals surface area contributed by atoms with Crippen LogP contribution < -0.4 is 9.47 Å². The number of thiazole rings is 1. The summed E-state index contributed by atoms with van der Waals surface area (Å²) in [5.41, 5.74) is 2.92. The molecule has 3 rings (SSSR count). The van der Waals surface area contributed by atoms with Gasteiger partial charge in [0.2, 0.25) is 0 Å². The van der Waals surface area contributed by atoms with Crippen molar-refractivity contribution in [3.63, 3.8) is 0 Å². The first-order valence-electron chi connectivity index (χ1n) is 8.32. The molecule has 0 aliphatic rings. The average molecular weight is 378 g/mol. The van der Waals surface area contributed by atoms with E-state index < -0.39 is 0 Å². The Morgan fingerprint density at radius 2 is 2.15 bits per heavy atom. The first kappa shape index (κ1) is 18.5. The van der Waals surface area contributed by atoms with Crippen molar-refractivity contribution in [2.45, 2.75) is 6.92 Å². The lowest BCUT2D eigenvalue weighted by atomic mass is 10.1. The topological polar surface area (TPSA) is 75.4 Å². The number of benzene rings is 2. The number of phenolic OH excluding ortho intramolecular Hbond substituents is 1. The Bertz CT molecular complexity index is 1020. The summed E-state index contributed by atoms with van der Waals surface area (Å²) in [6, 6.07) is 14.8. The number of phenols is 1. The molecule has 0 atom stereocenters. The molecular weight excluding hydrogens is 360 g/mol. The van der Waals surface area contributed by atoms with Crippen molar-refractivity contribution in [1.82, 2.24) is 4.98 Å². The summed E-state index contributed by atoms with van der Waals surface area (Å²) in [6.45, 7) is 2.29. The second-order valence-corrected chi connectivity index (χ2v) is 6.46. The highest BCUT2D eigenvalue weighted by Gasteiger charge is 2.11. The van der Waals surface area contributed by atoms with Crippen molar-refractivity contribution in [2.24, 2.45) is 0 Å². The lowest BCUT2D eigenvalue weighted by Crippen LogP contribution is -1.92. The van der Waals surface area contributed by atoms with Crippen LogP contribution in [0, 0.1) is 11.3 Å². The zero-order valence-electron chi connectivity index (χ0n) is 15.0. The Morgan fingerprint density at radius 1 is 1.30 bits per heavy atom. The highest BCUT2D eigenvalue weighted by Crippen LogP contribution is 2.31. The molecule has 1 N–H and O–H groups in total. The van der Waals surface area contributed by atoms with Crippen LogP contribution in [0.2, 0.25) is 0 Å². The van der Waals surface area contributed by atoms with Gasteiger partial charge in [-0.25, -0.2) is 4.98 Å². The van der Waals surface area contributed by atoms with E-state index >= 15 is 0 Å². The molecule has 27 heavy (non-hydrogen) atoms. The van der Waals surface area contributed by atoms with Crippen LogP contribution in [0.25, 0.3) is 22.9 Å². The number of hydrogen-bond acceptors (Lipinski definition) is 6. The van der Waals surface area contributed by atoms with Crippen molar-refractivity contribution in [1.29, 1.82) is 5.26 Å². The van der Waals surface area contributed by atoms with Gasteiger partial charge in [-0.3, -0.25) is 0 Å². The highest BCUT2D eigenvalue weighted by molar-refractivity contribution is 7.11. The zero-order chi connectivity index (χ0) is 19.2. The third kappa shape index (κ3) is 4.27. The van der Waals surface area contributed by atoms with Gasteiger partial charge in [-0.2, -0.15) is 5.26 Å². The Labute approximate surface area is 161 Å². The fraction of sp³-hybridized carbons (Fsp3) is 0.143. The molecule has 136 valence electrons. The Balaban J connectivity index is 1.93. The van der Waals surface area contributed by atoms with E-state index in [1.165, 1.54) is 11.3 Å². The molecule has 0 unspecified atom stereocenters. The molecular formula is C21H18N2O3S. The maximum atomic E-state index is 9.82. The lowest BCUT2D eigenvalue weighted by Gasteiger charge is -2.06. The number of hydrogen-bond donors (Lipinski definition) is 1. The molecule has 0 spiro atoms. The van der Waals surface area contributed by atoms with E-state index in [9.17, 15) is 10.4 Å². The summed E-state index contributed by atoms with van der Waals surface area (Å²) < 4.78 is 10.6. The summed E-state index contributed by atoms with van der Waals surface area (Å²) in [5.74, 6) is 1.22. The van der Waals surface area contributed by atoms with E-state index in [4.69, 9.17) is 9.47 Å². The Hall–Kier alpha value is -3.30. The number of ether oxygens (including phenoxy) is 2.